The lowest BCUT2D eigenvalue weighted by atomic mass is 9.98. The first-order valence-corrected chi connectivity index (χ1v) is 6.77. The Hall–Kier alpha value is -0.900. The Morgan fingerprint density at radius 3 is 2.56 bits per heavy atom. The molecule has 100 valence electrons. The molecule has 2 rings (SSSR count). The molecule has 3 N–H and O–H groups in total. The zero-order chi connectivity index (χ0) is 13.1. The second kappa shape index (κ2) is 5.83. The fourth-order valence-electron chi connectivity index (χ4n) is 2.88. The smallest absolute Gasteiger partial charge is 0.0552 e. The van der Waals surface area contributed by atoms with Gasteiger partial charge in [-0.2, -0.15) is 0 Å². The number of likely N-dealkylation sites (tertiary alicyclic amines) is 1. The second-order valence-corrected chi connectivity index (χ2v) is 5.59. The third-order valence-corrected chi connectivity index (χ3v) is 3.86. The van der Waals surface area contributed by atoms with E-state index in [1.54, 1.807) is 0 Å². The van der Waals surface area contributed by atoms with Crippen LogP contribution in [0.15, 0.2) is 24.3 Å². The monoisotopic (exact) mass is 248 g/mol. The van der Waals surface area contributed by atoms with Crippen molar-refractivity contribution in [2.24, 2.45) is 11.7 Å². The first kappa shape index (κ1) is 13.5. The van der Waals surface area contributed by atoms with Crippen LogP contribution in [0.5, 0.6) is 0 Å². The van der Waals surface area contributed by atoms with E-state index in [9.17, 15) is 5.11 Å². The van der Waals surface area contributed by atoms with Gasteiger partial charge in [0.25, 0.3) is 0 Å². The topological polar surface area (TPSA) is 49.5 Å². The van der Waals surface area contributed by atoms with Crippen LogP contribution in [0.4, 0.5) is 0 Å². The van der Waals surface area contributed by atoms with Crippen LogP contribution in [-0.4, -0.2) is 36.2 Å². The number of nitrogens with zero attached hydrogens (tertiary/aromatic N) is 1. The summed E-state index contributed by atoms with van der Waals surface area (Å²) in [6, 6.07) is 9.14. The largest absolute Gasteiger partial charge is 0.393 e. The number of hydrogen-bond acceptors (Lipinski definition) is 3. The molecule has 3 unspecified atom stereocenters. The summed E-state index contributed by atoms with van der Waals surface area (Å²) in [7, 11) is 2.17. The van der Waals surface area contributed by atoms with E-state index in [-0.39, 0.29) is 6.10 Å². The van der Waals surface area contributed by atoms with Crippen molar-refractivity contribution in [1.82, 2.24) is 4.90 Å². The molecule has 3 atom stereocenters. The fourth-order valence-corrected chi connectivity index (χ4v) is 2.88. The summed E-state index contributed by atoms with van der Waals surface area (Å²) in [5.74, 6) is 0.622. The van der Waals surface area contributed by atoms with Crippen molar-refractivity contribution in [2.45, 2.75) is 31.9 Å². The lowest BCUT2D eigenvalue weighted by Crippen LogP contribution is -2.20. The standard InChI is InChI=1S/C15H24N2O/c1-11(18)7-12-3-5-14(6-4-12)15-8-13(9-16)10-17(15)2/h3-6,11,13,15,18H,7-10,16H2,1-2H3. The summed E-state index contributed by atoms with van der Waals surface area (Å²) in [5, 5.41) is 9.37. The van der Waals surface area contributed by atoms with Gasteiger partial charge in [-0.25, -0.2) is 0 Å². The zero-order valence-electron chi connectivity index (χ0n) is 11.3. The first-order chi connectivity index (χ1) is 8.60. The quantitative estimate of drug-likeness (QED) is 0.850. The van der Waals surface area contributed by atoms with Crippen LogP contribution in [0.1, 0.15) is 30.5 Å². The summed E-state index contributed by atoms with van der Waals surface area (Å²) in [6.45, 7) is 3.70. The zero-order valence-corrected chi connectivity index (χ0v) is 11.3. The van der Waals surface area contributed by atoms with Crippen molar-refractivity contribution in [3.8, 4) is 0 Å². The van der Waals surface area contributed by atoms with E-state index < -0.39 is 0 Å². The predicted molar refractivity (Wildman–Crippen MR) is 74.4 cm³/mol. The molecule has 1 heterocycles. The van der Waals surface area contributed by atoms with Crippen molar-refractivity contribution in [3.63, 3.8) is 0 Å². The van der Waals surface area contributed by atoms with Crippen LogP contribution >= 0.6 is 0 Å². The number of aliphatic hydroxyl groups is 1. The van der Waals surface area contributed by atoms with Crippen LogP contribution in [0.3, 0.4) is 0 Å². The van der Waals surface area contributed by atoms with Crippen LogP contribution in [0.2, 0.25) is 0 Å². The lowest BCUT2D eigenvalue weighted by molar-refractivity contribution is 0.195. The van der Waals surface area contributed by atoms with Gasteiger partial charge in [0, 0.05) is 12.6 Å². The van der Waals surface area contributed by atoms with Gasteiger partial charge in [-0.15, -0.1) is 0 Å². The van der Waals surface area contributed by atoms with Gasteiger partial charge in [0.2, 0.25) is 0 Å². The Balaban J connectivity index is 2.05. The van der Waals surface area contributed by atoms with E-state index in [0.717, 1.165) is 25.9 Å². The maximum atomic E-state index is 9.37. The second-order valence-electron chi connectivity index (χ2n) is 5.59. The van der Waals surface area contributed by atoms with E-state index in [4.69, 9.17) is 5.73 Å². The maximum Gasteiger partial charge on any atom is 0.0552 e. The molecular weight excluding hydrogens is 224 g/mol. The van der Waals surface area contributed by atoms with E-state index in [1.807, 2.05) is 6.92 Å². The first-order valence-electron chi connectivity index (χ1n) is 6.77. The molecule has 0 saturated carbocycles. The Morgan fingerprint density at radius 1 is 1.39 bits per heavy atom. The number of rotatable bonds is 4. The predicted octanol–water partition coefficient (Wildman–Crippen LogP) is 1.56. The molecule has 3 heteroatoms. The average Bonchev–Trinajstić information content (AvgIpc) is 2.71. The van der Waals surface area contributed by atoms with Crippen LogP contribution in [0.25, 0.3) is 0 Å². The minimum Gasteiger partial charge on any atom is -0.393 e. The van der Waals surface area contributed by atoms with Gasteiger partial charge in [-0.05, 0) is 50.4 Å². The highest BCUT2D eigenvalue weighted by molar-refractivity contribution is 5.26. The highest BCUT2D eigenvalue weighted by Gasteiger charge is 2.29. The third-order valence-electron chi connectivity index (χ3n) is 3.86. The Labute approximate surface area is 110 Å². The molecule has 1 aromatic carbocycles. The van der Waals surface area contributed by atoms with Crippen molar-refractivity contribution in [2.75, 3.05) is 20.1 Å². The van der Waals surface area contributed by atoms with Gasteiger partial charge in [-0.1, -0.05) is 24.3 Å². The minimum absolute atomic E-state index is 0.272. The number of nitrogens with two attached hydrogens (primary N) is 1. The Bertz CT molecular complexity index is 375. The molecular formula is C15H24N2O. The maximum absolute atomic E-state index is 9.37. The van der Waals surface area contributed by atoms with Gasteiger partial charge in [0.15, 0.2) is 0 Å². The molecule has 0 bridgehead atoms. The number of benzene rings is 1. The summed E-state index contributed by atoms with van der Waals surface area (Å²) < 4.78 is 0. The molecule has 0 spiro atoms. The molecule has 0 aromatic heterocycles. The van der Waals surface area contributed by atoms with E-state index in [2.05, 4.69) is 36.2 Å². The Kier molecular flexibility index (Phi) is 4.38. The summed E-state index contributed by atoms with van der Waals surface area (Å²) >= 11 is 0. The summed E-state index contributed by atoms with van der Waals surface area (Å²) in [6.07, 6.45) is 1.61. The van der Waals surface area contributed by atoms with Gasteiger partial charge in [-0.3, -0.25) is 4.90 Å². The fraction of sp³-hybridized carbons (Fsp3) is 0.600. The van der Waals surface area contributed by atoms with Gasteiger partial charge in [0.05, 0.1) is 6.10 Å². The highest BCUT2D eigenvalue weighted by Crippen LogP contribution is 2.33. The lowest BCUT2D eigenvalue weighted by Gasteiger charge is -2.20. The average molecular weight is 248 g/mol. The molecule has 1 aliphatic rings. The van der Waals surface area contributed by atoms with Gasteiger partial charge < -0.3 is 10.8 Å². The van der Waals surface area contributed by atoms with E-state index in [1.165, 1.54) is 11.1 Å². The Morgan fingerprint density at radius 2 is 2.06 bits per heavy atom. The number of hydrogen-bond donors (Lipinski definition) is 2. The molecule has 18 heavy (non-hydrogen) atoms. The normalized spacial score (nSPS) is 26.4. The third kappa shape index (κ3) is 3.10. The highest BCUT2D eigenvalue weighted by atomic mass is 16.3. The van der Waals surface area contributed by atoms with E-state index in [0.29, 0.717) is 12.0 Å². The van der Waals surface area contributed by atoms with Crippen LogP contribution < -0.4 is 5.73 Å². The van der Waals surface area contributed by atoms with Crippen molar-refractivity contribution >= 4 is 0 Å². The van der Waals surface area contributed by atoms with Crippen molar-refractivity contribution < 1.29 is 5.11 Å². The molecule has 3 nitrogen and oxygen atoms in total. The van der Waals surface area contributed by atoms with Gasteiger partial charge in [0.1, 0.15) is 0 Å². The SMILES string of the molecule is CC(O)Cc1ccc(C2CC(CN)CN2C)cc1. The van der Waals surface area contributed by atoms with E-state index >= 15 is 0 Å². The van der Waals surface area contributed by atoms with Crippen LogP contribution in [-0.2, 0) is 6.42 Å². The van der Waals surface area contributed by atoms with Crippen molar-refractivity contribution in [1.29, 1.82) is 0 Å². The van der Waals surface area contributed by atoms with Crippen LogP contribution in [0, 0.1) is 5.92 Å². The van der Waals surface area contributed by atoms with Crippen molar-refractivity contribution in [3.05, 3.63) is 35.4 Å². The molecule has 1 fully saturated rings. The molecule has 1 aliphatic heterocycles. The molecule has 0 aliphatic carbocycles. The summed E-state index contributed by atoms with van der Waals surface area (Å²) in [4.78, 5) is 2.39. The van der Waals surface area contributed by atoms with Gasteiger partial charge >= 0.3 is 0 Å². The summed E-state index contributed by atoms with van der Waals surface area (Å²) in [5.41, 5.74) is 8.32. The molecule has 1 saturated heterocycles. The molecule has 0 amide bonds. The minimum atomic E-state index is -0.272. The number of aliphatic hydroxyl groups excluding tert-OH is 1. The molecule has 0 radical (unpaired) electrons. The molecule has 1 aromatic rings.